The number of esters is 1. The highest BCUT2D eigenvalue weighted by molar-refractivity contribution is 5.89. The Morgan fingerprint density at radius 2 is 1.70 bits per heavy atom. The molecule has 1 spiro atoms. The maximum absolute atomic E-state index is 13.0. The molecule has 5 heteroatoms. The van der Waals surface area contributed by atoms with Crippen molar-refractivity contribution >= 4 is 11.9 Å². The summed E-state index contributed by atoms with van der Waals surface area (Å²) < 4.78 is 5.12. The highest BCUT2D eigenvalue weighted by Gasteiger charge is 2.56. The van der Waals surface area contributed by atoms with E-state index in [0.29, 0.717) is 6.54 Å². The van der Waals surface area contributed by atoms with Crippen LogP contribution in [-0.2, 0) is 27.4 Å². The third-order valence-corrected chi connectivity index (χ3v) is 6.91. The zero-order valence-electron chi connectivity index (χ0n) is 17.8. The number of aryl methyl sites for hydroxylation is 1. The number of nitrogens with zero attached hydrogens (tertiary/aromatic N) is 2. The molecule has 2 aromatic carbocycles. The third kappa shape index (κ3) is 3.86. The number of benzene rings is 2. The summed E-state index contributed by atoms with van der Waals surface area (Å²) >= 11 is 0. The fraction of sp³-hybridized carbons (Fsp3) is 0.440. The van der Waals surface area contributed by atoms with Crippen molar-refractivity contribution in [1.82, 2.24) is 9.80 Å². The summed E-state index contributed by atoms with van der Waals surface area (Å²) in [6, 6.07) is 18.5. The second-order valence-electron chi connectivity index (χ2n) is 8.55. The molecule has 1 atom stereocenters. The molecule has 0 saturated carbocycles. The topological polar surface area (TPSA) is 49.9 Å². The Morgan fingerprint density at radius 3 is 2.37 bits per heavy atom. The lowest BCUT2D eigenvalue weighted by atomic mass is 9.76. The minimum atomic E-state index is -0.456. The standard InChI is InChI=1S/C25H30N2O3/c1-19-8-6-7-11-21(19)18-26-14-12-25(13-15-26)22(24(29)30-2)16-23(28)27(25)17-20-9-4-3-5-10-20/h3-11,22H,12-18H2,1-2H3. The molecule has 158 valence electrons. The number of carbonyl (C=O) groups excluding carboxylic acids is 2. The van der Waals surface area contributed by atoms with Crippen LogP contribution in [0.2, 0.25) is 0 Å². The van der Waals surface area contributed by atoms with E-state index in [0.717, 1.165) is 38.0 Å². The summed E-state index contributed by atoms with van der Waals surface area (Å²) in [5.74, 6) is -0.591. The monoisotopic (exact) mass is 406 g/mol. The fourth-order valence-electron chi connectivity index (χ4n) is 5.11. The van der Waals surface area contributed by atoms with Crippen LogP contribution >= 0.6 is 0 Å². The third-order valence-electron chi connectivity index (χ3n) is 6.91. The first-order chi connectivity index (χ1) is 14.5. The average molecular weight is 407 g/mol. The van der Waals surface area contributed by atoms with Crippen molar-refractivity contribution < 1.29 is 14.3 Å². The molecule has 0 aromatic heterocycles. The summed E-state index contributed by atoms with van der Waals surface area (Å²) in [6.45, 7) is 5.31. The summed E-state index contributed by atoms with van der Waals surface area (Å²) in [4.78, 5) is 30.0. The average Bonchev–Trinajstić information content (AvgIpc) is 3.03. The van der Waals surface area contributed by atoms with Crippen molar-refractivity contribution in [3.63, 3.8) is 0 Å². The van der Waals surface area contributed by atoms with Gasteiger partial charge in [-0.15, -0.1) is 0 Å². The number of rotatable bonds is 5. The normalized spacial score (nSPS) is 21.2. The molecule has 0 radical (unpaired) electrons. The molecule has 0 N–H and O–H groups in total. The zero-order chi connectivity index (χ0) is 21.1. The summed E-state index contributed by atoms with van der Waals surface area (Å²) in [5.41, 5.74) is 3.27. The first kappa shape index (κ1) is 20.6. The van der Waals surface area contributed by atoms with Gasteiger partial charge in [-0.3, -0.25) is 14.5 Å². The van der Waals surface area contributed by atoms with Crippen LogP contribution in [0.25, 0.3) is 0 Å². The van der Waals surface area contributed by atoms with Crippen LogP contribution in [0.4, 0.5) is 0 Å². The lowest BCUT2D eigenvalue weighted by molar-refractivity contribution is -0.150. The van der Waals surface area contributed by atoms with E-state index in [1.54, 1.807) is 0 Å². The molecule has 2 aliphatic rings. The van der Waals surface area contributed by atoms with Gasteiger partial charge >= 0.3 is 5.97 Å². The zero-order valence-corrected chi connectivity index (χ0v) is 17.8. The second kappa shape index (κ2) is 8.60. The predicted molar refractivity (Wildman–Crippen MR) is 116 cm³/mol. The van der Waals surface area contributed by atoms with E-state index in [4.69, 9.17) is 4.74 Å². The second-order valence-corrected chi connectivity index (χ2v) is 8.55. The number of piperidine rings is 1. The Kier molecular flexibility index (Phi) is 5.91. The van der Waals surface area contributed by atoms with Gasteiger partial charge in [-0.1, -0.05) is 54.6 Å². The van der Waals surface area contributed by atoms with Crippen LogP contribution < -0.4 is 0 Å². The first-order valence-corrected chi connectivity index (χ1v) is 10.7. The van der Waals surface area contributed by atoms with Crippen LogP contribution in [0.3, 0.4) is 0 Å². The minimum Gasteiger partial charge on any atom is -0.469 e. The van der Waals surface area contributed by atoms with Crippen molar-refractivity contribution in [2.24, 2.45) is 5.92 Å². The molecule has 1 unspecified atom stereocenters. The molecule has 2 heterocycles. The van der Waals surface area contributed by atoms with Gasteiger partial charge in [0.2, 0.25) is 5.91 Å². The Morgan fingerprint density at radius 1 is 1.03 bits per heavy atom. The van der Waals surface area contributed by atoms with Crippen molar-refractivity contribution in [3.8, 4) is 0 Å². The number of ether oxygens (including phenoxy) is 1. The van der Waals surface area contributed by atoms with Crippen molar-refractivity contribution in [3.05, 3.63) is 71.3 Å². The van der Waals surface area contributed by atoms with Crippen molar-refractivity contribution in [2.45, 2.75) is 44.8 Å². The number of carbonyl (C=O) groups is 2. The first-order valence-electron chi connectivity index (χ1n) is 10.7. The van der Waals surface area contributed by atoms with Crippen molar-refractivity contribution in [2.75, 3.05) is 20.2 Å². The molecule has 2 saturated heterocycles. The highest BCUT2D eigenvalue weighted by atomic mass is 16.5. The van der Waals surface area contributed by atoms with E-state index in [1.807, 2.05) is 35.2 Å². The van der Waals surface area contributed by atoms with Crippen LogP contribution in [0.15, 0.2) is 54.6 Å². The molecule has 5 nitrogen and oxygen atoms in total. The maximum Gasteiger partial charge on any atom is 0.311 e. The van der Waals surface area contributed by atoms with E-state index in [1.165, 1.54) is 18.2 Å². The van der Waals surface area contributed by atoms with Gasteiger partial charge in [-0.05, 0) is 36.5 Å². The molecular formula is C25H30N2O3. The molecule has 2 fully saturated rings. The van der Waals surface area contributed by atoms with Gasteiger partial charge in [0.25, 0.3) is 0 Å². The summed E-state index contributed by atoms with van der Waals surface area (Å²) in [5, 5.41) is 0. The van der Waals surface area contributed by atoms with Gasteiger partial charge in [0.15, 0.2) is 0 Å². The number of methoxy groups -OCH3 is 1. The smallest absolute Gasteiger partial charge is 0.311 e. The molecule has 0 aliphatic carbocycles. The molecule has 2 aromatic rings. The molecule has 4 rings (SSSR count). The van der Waals surface area contributed by atoms with Crippen LogP contribution in [0, 0.1) is 12.8 Å². The van der Waals surface area contributed by atoms with Gasteiger partial charge < -0.3 is 9.64 Å². The highest BCUT2D eigenvalue weighted by Crippen LogP contribution is 2.45. The fourth-order valence-corrected chi connectivity index (χ4v) is 5.11. The quantitative estimate of drug-likeness (QED) is 0.713. The predicted octanol–water partition coefficient (Wildman–Crippen LogP) is 3.55. The van der Waals surface area contributed by atoms with Crippen molar-refractivity contribution in [1.29, 1.82) is 0 Å². The van der Waals surface area contributed by atoms with E-state index in [-0.39, 0.29) is 24.2 Å². The summed E-state index contributed by atoms with van der Waals surface area (Å²) in [6.07, 6.45) is 1.83. The Balaban J connectivity index is 1.55. The van der Waals surface area contributed by atoms with Gasteiger partial charge in [-0.25, -0.2) is 0 Å². The maximum atomic E-state index is 13.0. The summed E-state index contributed by atoms with van der Waals surface area (Å²) in [7, 11) is 1.42. The molecule has 2 aliphatic heterocycles. The van der Waals surface area contributed by atoms with Gasteiger partial charge in [-0.2, -0.15) is 0 Å². The van der Waals surface area contributed by atoms with E-state index in [2.05, 4.69) is 36.1 Å². The van der Waals surface area contributed by atoms with Crippen LogP contribution in [0.1, 0.15) is 36.0 Å². The molecule has 30 heavy (non-hydrogen) atoms. The Hall–Kier alpha value is -2.66. The largest absolute Gasteiger partial charge is 0.469 e. The van der Waals surface area contributed by atoms with E-state index < -0.39 is 5.54 Å². The molecular weight excluding hydrogens is 376 g/mol. The lowest BCUT2D eigenvalue weighted by Gasteiger charge is -2.47. The molecule has 1 amide bonds. The Bertz CT molecular complexity index is 904. The number of likely N-dealkylation sites (tertiary alicyclic amines) is 2. The van der Waals surface area contributed by atoms with Gasteiger partial charge in [0.1, 0.15) is 0 Å². The Labute approximate surface area is 178 Å². The SMILES string of the molecule is COC(=O)C1CC(=O)N(Cc2ccccc2)C12CCN(Cc1ccccc1C)CC2. The van der Waals surface area contributed by atoms with E-state index >= 15 is 0 Å². The molecule has 0 bridgehead atoms. The number of hydrogen-bond acceptors (Lipinski definition) is 4. The van der Waals surface area contributed by atoms with Crippen LogP contribution in [0.5, 0.6) is 0 Å². The van der Waals surface area contributed by atoms with E-state index in [9.17, 15) is 9.59 Å². The lowest BCUT2D eigenvalue weighted by Crippen LogP contribution is -2.57. The number of amides is 1. The number of hydrogen-bond donors (Lipinski definition) is 0. The van der Waals surface area contributed by atoms with Crippen LogP contribution in [-0.4, -0.2) is 47.4 Å². The minimum absolute atomic E-state index is 0.0570. The van der Waals surface area contributed by atoms with Gasteiger partial charge in [0, 0.05) is 32.6 Å². The van der Waals surface area contributed by atoms with Gasteiger partial charge in [0.05, 0.1) is 18.6 Å².